The van der Waals surface area contributed by atoms with E-state index in [-0.39, 0.29) is 35.9 Å². The standard InChI is InChI=1S/C31H31N5O7S/c1-21-15-16-36(35-44(40,41)26-10-6-9-25(17-26)42-2)30(38)27(21)18-28(37)33-19-22-11-13-24(14-12-22)29(32)34-31(39)43-20-23-7-4-3-5-8-23/h3-17,35H,18-20H2,1-2H3,(H,33,37)(H2,32,34,39). The van der Waals surface area contributed by atoms with Crippen molar-refractivity contribution >= 4 is 27.9 Å². The smallest absolute Gasteiger partial charge is 0.413 e. The number of carbonyl (C=O) groups excluding carboxylic acids is 2. The SMILES string of the molecule is COc1cccc(S(=O)(=O)Nn2ccc(C)c(CC(=O)NCc3ccc(C(=N)NC(=O)OCc4ccccc4)cc3)c2=O)c1. The molecule has 44 heavy (non-hydrogen) atoms. The molecule has 0 fully saturated rings. The van der Waals surface area contributed by atoms with Crippen LogP contribution >= 0.6 is 0 Å². The summed E-state index contributed by atoms with van der Waals surface area (Å²) in [7, 11) is -2.71. The molecule has 1 heterocycles. The zero-order valence-electron chi connectivity index (χ0n) is 24.0. The quantitative estimate of drug-likeness (QED) is 0.148. The highest BCUT2D eigenvalue weighted by Gasteiger charge is 2.18. The number of hydrogen-bond acceptors (Lipinski definition) is 8. The van der Waals surface area contributed by atoms with Crippen LogP contribution in [0.5, 0.6) is 5.75 Å². The Labute approximate surface area is 254 Å². The number of amidine groups is 1. The molecule has 0 unspecified atom stereocenters. The van der Waals surface area contributed by atoms with Gasteiger partial charge in [0.1, 0.15) is 18.2 Å². The molecule has 0 atom stereocenters. The Balaban J connectivity index is 1.32. The fourth-order valence-electron chi connectivity index (χ4n) is 4.05. The fraction of sp³-hybridized carbons (Fsp3) is 0.161. The number of pyridine rings is 1. The first-order valence-electron chi connectivity index (χ1n) is 13.4. The third-order valence-corrected chi connectivity index (χ3v) is 7.82. The van der Waals surface area contributed by atoms with Gasteiger partial charge in [0, 0.05) is 29.9 Å². The van der Waals surface area contributed by atoms with Crippen molar-refractivity contribution in [3.63, 3.8) is 0 Å². The number of rotatable bonds is 11. The summed E-state index contributed by atoms with van der Waals surface area (Å²) in [4.78, 5) is 40.0. The van der Waals surface area contributed by atoms with E-state index >= 15 is 0 Å². The Morgan fingerprint density at radius 2 is 1.66 bits per heavy atom. The van der Waals surface area contributed by atoms with E-state index in [0.29, 0.717) is 16.9 Å². The lowest BCUT2D eigenvalue weighted by Crippen LogP contribution is -2.36. The van der Waals surface area contributed by atoms with Gasteiger partial charge in [-0.25, -0.2) is 14.3 Å². The van der Waals surface area contributed by atoms with Crippen molar-refractivity contribution in [3.8, 4) is 5.75 Å². The first kappa shape index (κ1) is 31.5. The van der Waals surface area contributed by atoms with Gasteiger partial charge in [0.25, 0.3) is 15.6 Å². The summed E-state index contributed by atoms with van der Waals surface area (Å²) in [5, 5.41) is 13.2. The van der Waals surface area contributed by atoms with Gasteiger partial charge in [0.2, 0.25) is 5.91 Å². The zero-order chi connectivity index (χ0) is 31.7. The van der Waals surface area contributed by atoms with Crippen molar-refractivity contribution in [2.24, 2.45) is 0 Å². The number of benzene rings is 3. The summed E-state index contributed by atoms with van der Waals surface area (Å²) >= 11 is 0. The molecule has 0 bridgehead atoms. The molecule has 0 aliphatic rings. The van der Waals surface area contributed by atoms with Gasteiger partial charge in [-0.1, -0.05) is 60.7 Å². The van der Waals surface area contributed by atoms with E-state index < -0.39 is 27.6 Å². The molecule has 12 nitrogen and oxygen atoms in total. The topological polar surface area (TPSA) is 169 Å². The van der Waals surface area contributed by atoms with E-state index in [9.17, 15) is 22.8 Å². The Morgan fingerprint density at radius 3 is 2.36 bits per heavy atom. The summed E-state index contributed by atoms with van der Waals surface area (Å²) in [5.41, 5.74) is 1.96. The summed E-state index contributed by atoms with van der Waals surface area (Å²) in [6, 6.07) is 23.1. The number of nitrogens with zero attached hydrogens (tertiary/aromatic N) is 1. The number of alkyl carbamates (subject to hydrolysis) is 1. The lowest BCUT2D eigenvalue weighted by molar-refractivity contribution is -0.120. The van der Waals surface area contributed by atoms with Crippen molar-refractivity contribution in [3.05, 3.63) is 129 Å². The molecule has 13 heteroatoms. The third kappa shape index (κ3) is 8.32. The minimum absolute atomic E-state index is 0.0773. The van der Waals surface area contributed by atoms with Gasteiger partial charge in [0.05, 0.1) is 18.4 Å². The number of amides is 2. The maximum absolute atomic E-state index is 13.1. The van der Waals surface area contributed by atoms with Crippen molar-refractivity contribution in [1.29, 1.82) is 5.41 Å². The average molecular weight is 618 g/mol. The van der Waals surface area contributed by atoms with E-state index in [4.69, 9.17) is 14.9 Å². The van der Waals surface area contributed by atoms with Gasteiger partial charge in [0.15, 0.2) is 0 Å². The highest BCUT2D eigenvalue weighted by Crippen LogP contribution is 2.17. The van der Waals surface area contributed by atoms with Gasteiger partial charge in [-0.15, -0.1) is 0 Å². The Kier molecular flexibility index (Phi) is 10.1. The number of carbonyl (C=O) groups is 2. The normalized spacial score (nSPS) is 10.9. The van der Waals surface area contributed by atoms with E-state index in [0.717, 1.165) is 15.8 Å². The molecule has 4 N–H and O–H groups in total. The summed E-state index contributed by atoms with van der Waals surface area (Å²) in [6.45, 7) is 1.87. The van der Waals surface area contributed by atoms with Crippen LogP contribution in [0.1, 0.15) is 27.8 Å². The molecule has 0 aliphatic carbocycles. The van der Waals surface area contributed by atoms with E-state index in [2.05, 4.69) is 15.5 Å². The van der Waals surface area contributed by atoms with E-state index in [1.54, 1.807) is 37.3 Å². The number of ether oxygens (including phenoxy) is 2. The van der Waals surface area contributed by atoms with Crippen molar-refractivity contribution in [2.45, 2.75) is 31.4 Å². The van der Waals surface area contributed by atoms with Crippen LogP contribution in [0.4, 0.5) is 4.79 Å². The summed E-state index contributed by atoms with van der Waals surface area (Å²) in [6.07, 6.45) is 0.260. The highest BCUT2D eigenvalue weighted by atomic mass is 32.2. The van der Waals surface area contributed by atoms with Crippen LogP contribution in [-0.4, -0.2) is 38.0 Å². The van der Waals surface area contributed by atoms with Gasteiger partial charge in [-0.2, -0.15) is 8.42 Å². The van der Waals surface area contributed by atoms with Crippen molar-refractivity contribution < 1.29 is 27.5 Å². The highest BCUT2D eigenvalue weighted by molar-refractivity contribution is 7.92. The van der Waals surface area contributed by atoms with Gasteiger partial charge in [-0.05, 0) is 41.8 Å². The first-order valence-corrected chi connectivity index (χ1v) is 14.8. The van der Waals surface area contributed by atoms with Gasteiger partial charge in [-0.3, -0.25) is 20.3 Å². The number of aryl methyl sites for hydroxylation is 1. The van der Waals surface area contributed by atoms with Crippen LogP contribution in [0.3, 0.4) is 0 Å². The minimum atomic E-state index is -4.12. The molecule has 228 valence electrons. The molecule has 0 aliphatic heterocycles. The van der Waals surface area contributed by atoms with Gasteiger partial charge >= 0.3 is 6.09 Å². The van der Waals surface area contributed by atoms with Crippen LogP contribution < -0.4 is 25.8 Å². The third-order valence-electron chi connectivity index (χ3n) is 6.51. The molecule has 0 saturated carbocycles. The predicted octanol–water partition coefficient (Wildman–Crippen LogP) is 3.21. The van der Waals surface area contributed by atoms with E-state index in [1.807, 2.05) is 30.3 Å². The minimum Gasteiger partial charge on any atom is -0.497 e. The predicted molar refractivity (Wildman–Crippen MR) is 164 cm³/mol. The number of aromatic nitrogens is 1. The molecule has 0 radical (unpaired) electrons. The second-order valence-electron chi connectivity index (χ2n) is 9.64. The van der Waals surface area contributed by atoms with E-state index in [1.165, 1.54) is 37.6 Å². The van der Waals surface area contributed by atoms with Crippen molar-refractivity contribution in [1.82, 2.24) is 15.3 Å². The van der Waals surface area contributed by atoms with Crippen LogP contribution in [0.25, 0.3) is 0 Å². The molecule has 4 aromatic rings. The molecule has 0 spiro atoms. The van der Waals surface area contributed by atoms with Crippen LogP contribution in [0.15, 0.2) is 101 Å². The Hall–Kier alpha value is -5.43. The summed E-state index contributed by atoms with van der Waals surface area (Å²) < 4.78 is 36.7. The molecule has 1 aromatic heterocycles. The number of hydrogen-bond donors (Lipinski definition) is 4. The molecule has 4 rings (SSSR count). The lowest BCUT2D eigenvalue weighted by atomic mass is 10.1. The summed E-state index contributed by atoms with van der Waals surface area (Å²) in [5.74, 6) is -0.250. The molecule has 0 saturated heterocycles. The molecule has 3 aromatic carbocycles. The first-order chi connectivity index (χ1) is 21.1. The second-order valence-corrected chi connectivity index (χ2v) is 11.3. The molecular weight excluding hydrogens is 586 g/mol. The van der Waals surface area contributed by atoms with Crippen LogP contribution in [0, 0.1) is 12.3 Å². The average Bonchev–Trinajstić information content (AvgIpc) is 3.03. The maximum atomic E-state index is 13.1. The molecular formula is C31H31N5O7S. The zero-order valence-corrected chi connectivity index (χ0v) is 24.8. The van der Waals surface area contributed by atoms with Crippen molar-refractivity contribution in [2.75, 3.05) is 11.9 Å². The maximum Gasteiger partial charge on any atom is 0.413 e. The monoisotopic (exact) mass is 617 g/mol. The Bertz CT molecular complexity index is 1820. The number of nitrogens with one attached hydrogen (secondary N) is 4. The van der Waals surface area contributed by atoms with Gasteiger partial charge < -0.3 is 14.8 Å². The number of sulfonamides is 1. The Morgan fingerprint density at radius 1 is 0.932 bits per heavy atom. The largest absolute Gasteiger partial charge is 0.497 e. The van der Waals surface area contributed by atoms with Crippen LogP contribution in [-0.2, 0) is 39.1 Å². The molecule has 2 amide bonds. The van der Waals surface area contributed by atoms with Crippen LogP contribution in [0.2, 0.25) is 0 Å². The second kappa shape index (κ2) is 14.2. The number of methoxy groups -OCH3 is 1. The fourth-order valence-corrected chi connectivity index (χ4v) is 5.09. The lowest BCUT2D eigenvalue weighted by Gasteiger charge is -2.14.